The van der Waals surface area contributed by atoms with E-state index < -0.39 is 29.9 Å². The van der Waals surface area contributed by atoms with Crippen LogP contribution < -0.4 is 5.32 Å². The number of aliphatic hydroxyl groups excluding tert-OH is 1. The molecule has 0 aromatic carbocycles. The SMILES string of the molecule is CCC(C)/C=C(C)/C=C/C=C/C(=O)N[C@H](CO)[C@](C)(O)C(C)=O. The molecule has 0 rings (SSSR count). The number of Topliss-reactive ketones (excluding diaryl/α,β-unsaturated/α-hetero) is 1. The minimum Gasteiger partial charge on any atom is -0.394 e. The van der Waals surface area contributed by atoms with Crippen molar-refractivity contribution in [1.82, 2.24) is 5.32 Å². The van der Waals surface area contributed by atoms with Gasteiger partial charge in [-0.25, -0.2) is 0 Å². The molecule has 5 heteroatoms. The van der Waals surface area contributed by atoms with Gasteiger partial charge < -0.3 is 15.5 Å². The van der Waals surface area contributed by atoms with E-state index in [0.717, 1.165) is 12.0 Å². The Hall–Kier alpha value is -1.72. The van der Waals surface area contributed by atoms with Crippen LogP contribution in [0.2, 0.25) is 0 Å². The average Bonchev–Trinajstić information content (AvgIpc) is 2.48. The van der Waals surface area contributed by atoms with Gasteiger partial charge in [-0.1, -0.05) is 50.1 Å². The van der Waals surface area contributed by atoms with E-state index in [-0.39, 0.29) is 0 Å². The molecule has 0 bridgehead atoms. The van der Waals surface area contributed by atoms with Crippen LogP contribution in [0.1, 0.15) is 41.0 Å². The normalized spacial score (nSPS) is 18.0. The molecule has 0 spiro atoms. The fraction of sp³-hybridized carbons (Fsp3) is 0.556. The summed E-state index contributed by atoms with van der Waals surface area (Å²) in [5.41, 5.74) is -0.693. The molecule has 0 radical (unpaired) electrons. The minimum atomic E-state index is -1.80. The Morgan fingerprint density at radius 3 is 2.26 bits per heavy atom. The molecule has 1 amide bonds. The Labute approximate surface area is 138 Å². The van der Waals surface area contributed by atoms with Crippen LogP contribution >= 0.6 is 0 Å². The van der Waals surface area contributed by atoms with Crippen molar-refractivity contribution in [3.63, 3.8) is 0 Å². The summed E-state index contributed by atoms with van der Waals surface area (Å²) in [6.07, 6.45) is 9.71. The van der Waals surface area contributed by atoms with E-state index in [2.05, 4.69) is 25.2 Å². The van der Waals surface area contributed by atoms with Crippen LogP contribution in [0.15, 0.2) is 36.0 Å². The van der Waals surface area contributed by atoms with Crippen molar-refractivity contribution in [2.24, 2.45) is 5.92 Å². The summed E-state index contributed by atoms with van der Waals surface area (Å²) in [7, 11) is 0. The Balaban J connectivity index is 4.65. The lowest BCUT2D eigenvalue weighted by atomic mass is 9.93. The number of ketones is 1. The zero-order valence-electron chi connectivity index (χ0n) is 14.7. The second-order valence-electron chi connectivity index (χ2n) is 5.96. The van der Waals surface area contributed by atoms with Crippen LogP contribution in [-0.4, -0.2) is 40.2 Å². The van der Waals surface area contributed by atoms with Crippen molar-refractivity contribution in [2.75, 3.05) is 6.61 Å². The smallest absolute Gasteiger partial charge is 0.244 e. The highest BCUT2D eigenvalue weighted by Gasteiger charge is 2.36. The molecule has 3 N–H and O–H groups in total. The van der Waals surface area contributed by atoms with Crippen LogP contribution in [-0.2, 0) is 9.59 Å². The van der Waals surface area contributed by atoms with Crippen LogP contribution in [0.25, 0.3) is 0 Å². The molecule has 3 atom stereocenters. The molecule has 23 heavy (non-hydrogen) atoms. The molecular formula is C18H29NO4. The lowest BCUT2D eigenvalue weighted by molar-refractivity contribution is -0.139. The zero-order chi connectivity index (χ0) is 18.0. The Morgan fingerprint density at radius 1 is 1.22 bits per heavy atom. The summed E-state index contributed by atoms with van der Waals surface area (Å²) >= 11 is 0. The topological polar surface area (TPSA) is 86.6 Å². The molecule has 0 aliphatic carbocycles. The largest absolute Gasteiger partial charge is 0.394 e. The standard InChI is InChI=1S/C18H29NO4/c1-6-13(2)11-14(3)9-7-8-10-17(22)19-16(12-20)18(5,23)15(4)21/h7-11,13,16,20,23H,6,12H2,1-5H3,(H,19,22)/b9-7+,10-8+,14-11+/t13?,16-,18-/m1/s1. The Morgan fingerprint density at radius 2 is 1.78 bits per heavy atom. The summed E-state index contributed by atoms with van der Waals surface area (Å²) in [4.78, 5) is 23.1. The fourth-order valence-electron chi connectivity index (χ4n) is 1.80. The van der Waals surface area contributed by atoms with Crippen LogP contribution in [0.3, 0.4) is 0 Å². The molecular weight excluding hydrogens is 294 g/mol. The first kappa shape index (κ1) is 21.3. The van der Waals surface area contributed by atoms with E-state index in [1.54, 1.807) is 12.2 Å². The van der Waals surface area contributed by atoms with Crippen molar-refractivity contribution >= 4 is 11.7 Å². The molecule has 0 heterocycles. The van der Waals surface area contributed by atoms with Gasteiger partial charge in [-0.3, -0.25) is 9.59 Å². The van der Waals surface area contributed by atoms with Gasteiger partial charge in [-0.05, 0) is 26.7 Å². The summed E-state index contributed by atoms with van der Waals surface area (Å²) in [5, 5.41) is 21.6. The second kappa shape index (κ2) is 10.1. The maximum absolute atomic E-state index is 11.8. The number of hydrogen-bond donors (Lipinski definition) is 3. The van der Waals surface area contributed by atoms with E-state index in [9.17, 15) is 19.8 Å². The van der Waals surface area contributed by atoms with Gasteiger partial charge >= 0.3 is 0 Å². The van der Waals surface area contributed by atoms with Crippen LogP contribution in [0, 0.1) is 5.92 Å². The third-order valence-electron chi connectivity index (χ3n) is 3.80. The average molecular weight is 323 g/mol. The summed E-state index contributed by atoms with van der Waals surface area (Å²) in [5.74, 6) is -0.503. The van der Waals surface area contributed by atoms with Crippen molar-refractivity contribution in [2.45, 2.75) is 52.7 Å². The quantitative estimate of drug-likeness (QED) is 0.447. The molecule has 0 saturated carbocycles. The van der Waals surface area contributed by atoms with Gasteiger partial charge in [-0.2, -0.15) is 0 Å². The third kappa shape index (κ3) is 7.90. The molecule has 0 fully saturated rings. The van der Waals surface area contributed by atoms with E-state index in [1.165, 1.54) is 19.9 Å². The van der Waals surface area contributed by atoms with Gasteiger partial charge in [0.15, 0.2) is 5.78 Å². The van der Waals surface area contributed by atoms with Gasteiger partial charge in [0.05, 0.1) is 12.6 Å². The Bertz CT molecular complexity index is 489. The van der Waals surface area contributed by atoms with E-state index in [4.69, 9.17) is 0 Å². The highest BCUT2D eigenvalue weighted by Crippen LogP contribution is 2.11. The second-order valence-corrected chi connectivity index (χ2v) is 5.96. The van der Waals surface area contributed by atoms with Gasteiger partial charge in [0, 0.05) is 6.08 Å². The number of nitrogens with one attached hydrogen (secondary N) is 1. The fourth-order valence-corrected chi connectivity index (χ4v) is 1.80. The molecule has 0 saturated heterocycles. The summed E-state index contributed by atoms with van der Waals surface area (Å²) in [6.45, 7) is 8.19. The first-order valence-electron chi connectivity index (χ1n) is 7.83. The number of hydrogen-bond acceptors (Lipinski definition) is 4. The number of allylic oxidation sites excluding steroid dienone is 5. The van der Waals surface area contributed by atoms with E-state index in [0.29, 0.717) is 5.92 Å². The molecule has 0 aromatic heterocycles. The lowest BCUT2D eigenvalue weighted by Crippen LogP contribution is -2.56. The van der Waals surface area contributed by atoms with Gasteiger partial charge in [0.25, 0.3) is 0 Å². The van der Waals surface area contributed by atoms with Crippen LogP contribution in [0.5, 0.6) is 0 Å². The van der Waals surface area contributed by atoms with E-state index >= 15 is 0 Å². The first-order valence-corrected chi connectivity index (χ1v) is 7.83. The summed E-state index contributed by atoms with van der Waals surface area (Å²) < 4.78 is 0. The number of rotatable bonds is 9. The highest BCUT2D eigenvalue weighted by molar-refractivity contribution is 5.90. The molecule has 0 aliphatic heterocycles. The number of aliphatic hydroxyl groups is 2. The van der Waals surface area contributed by atoms with Gasteiger partial charge in [0.2, 0.25) is 5.91 Å². The molecule has 0 aliphatic rings. The highest BCUT2D eigenvalue weighted by atomic mass is 16.3. The molecule has 130 valence electrons. The van der Waals surface area contributed by atoms with E-state index in [1.807, 2.05) is 13.0 Å². The van der Waals surface area contributed by atoms with Gasteiger partial charge in [0.1, 0.15) is 5.60 Å². The van der Waals surface area contributed by atoms with Crippen molar-refractivity contribution in [3.05, 3.63) is 36.0 Å². The zero-order valence-corrected chi connectivity index (χ0v) is 14.7. The molecule has 5 nitrogen and oxygen atoms in total. The maximum Gasteiger partial charge on any atom is 0.244 e. The summed E-state index contributed by atoms with van der Waals surface area (Å²) in [6, 6.07) is -1.05. The van der Waals surface area contributed by atoms with Crippen molar-refractivity contribution in [1.29, 1.82) is 0 Å². The third-order valence-corrected chi connectivity index (χ3v) is 3.80. The molecule has 1 unspecified atom stereocenters. The lowest BCUT2D eigenvalue weighted by Gasteiger charge is -2.29. The van der Waals surface area contributed by atoms with Crippen molar-refractivity contribution in [3.8, 4) is 0 Å². The first-order chi connectivity index (χ1) is 10.6. The maximum atomic E-state index is 11.8. The van der Waals surface area contributed by atoms with Crippen LogP contribution in [0.4, 0.5) is 0 Å². The predicted molar refractivity (Wildman–Crippen MR) is 91.8 cm³/mol. The monoisotopic (exact) mass is 323 g/mol. The number of carbonyl (C=O) groups excluding carboxylic acids is 2. The van der Waals surface area contributed by atoms with Gasteiger partial charge in [-0.15, -0.1) is 0 Å². The van der Waals surface area contributed by atoms with Crippen molar-refractivity contribution < 1.29 is 19.8 Å². The predicted octanol–water partition coefficient (Wildman–Crippen LogP) is 1.91. The Kier molecular flexibility index (Phi) is 9.37. The molecule has 0 aromatic rings. The minimum absolute atomic E-state index is 0.487. The number of carbonyl (C=O) groups is 2. The number of amides is 1.